The summed E-state index contributed by atoms with van der Waals surface area (Å²) in [6, 6.07) is 0. The highest BCUT2D eigenvalue weighted by atomic mass is 16.5. The minimum Gasteiger partial charge on any atom is -0.394 e. The van der Waals surface area contributed by atoms with Crippen LogP contribution in [0, 0.1) is 46.3 Å². The van der Waals surface area contributed by atoms with Crippen LogP contribution in [0.2, 0.25) is 0 Å². The maximum absolute atomic E-state index is 9.68. The zero-order valence-corrected chi connectivity index (χ0v) is 22.2. The van der Waals surface area contributed by atoms with E-state index >= 15 is 0 Å². The van der Waals surface area contributed by atoms with E-state index < -0.39 is 6.10 Å². The van der Waals surface area contributed by atoms with Crippen LogP contribution in [0.25, 0.3) is 0 Å². The summed E-state index contributed by atoms with van der Waals surface area (Å²) in [6.45, 7) is 12.6. The molecule has 3 fully saturated rings. The molecule has 1 unspecified atom stereocenters. The zero-order valence-electron chi connectivity index (χ0n) is 22.2. The van der Waals surface area contributed by atoms with Gasteiger partial charge in [0.25, 0.3) is 0 Å². The molecule has 0 saturated heterocycles. The molecule has 3 heteroatoms. The molecule has 2 N–H and O–H groups in total. The minimum absolute atomic E-state index is 0.207. The average Bonchev–Trinajstić information content (AvgIpc) is 3.14. The van der Waals surface area contributed by atoms with Gasteiger partial charge in [-0.25, -0.2) is 0 Å². The third-order valence-corrected chi connectivity index (χ3v) is 11.0. The van der Waals surface area contributed by atoms with E-state index in [1.165, 1.54) is 57.8 Å². The normalized spacial score (nSPS) is 42.3. The van der Waals surface area contributed by atoms with Gasteiger partial charge in [0.15, 0.2) is 0 Å². The summed E-state index contributed by atoms with van der Waals surface area (Å²) in [5.74, 6) is 5.27. The quantitative estimate of drug-likeness (QED) is 0.373. The Morgan fingerprint density at radius 2 is 1.82 bits per heavy atom. The van der Waals surface area contributed by atoms with Crippen LogP contribution >= 0.6 is 0 Å². The molecule has 0 aromatic rings. The Morgan fingerprint density at radius 1 is 1.03 bits per heavy atom. The molecule has 0 amide bonds. The molecular weight excluding hydrogens is 408 g/mol. The Morgan fingerprint density at radius 3 is 2.55 bits per heavy atom. The Bertz CT molecular complexity index is 686. The van der Waals surface area contributed by atoms with Gasteiger partial charge in [0.05, 0.1) is 19.3 Å². The molecule has 33 heavy (non-hydrogen) atoms. The summed E-state index contributed by atoms with van der Waals surface area (Å²) in [4.78, 5) is 0. The van der Waals surface area contributed by atoms with Crippen LogP contribution in [0.1, 0.15) is 105 Å². The largest absolute Gasteiger partial charge is 0.394 e. The molecule has 0 aliphatic heterocycles. The summed E-state index contributed by atoms with van der Waals surface area (Å²) in [6.07, 6.45) is 16.7. The average molecular weight is 461 g/mol. The highest BCUT2D eigenvalue weighted by Crippen LogP contribution is 2.67. The fourth-order valence-electron chi connectivity index (χ4n) is 9.09. The van der Waals surface area contributed by atoms with Gasteiger partial charge in [-0.1, -0.05) is 65.5 Å². The van der Waals surface area contributed by atoms with Crippen molar-refractivity contribution < 1.29 is 14.9 Å². The minimum atomic E-state index is -0.748. The van der Waals surface area contributed by atoms with Gasteiger partial charge in [-0.3, -0.25) is 0 Å². The van der Waals surface area contributed by atoms with Gasteiger partial charge >= 0.3 is 0 Å². The molecule has 4 rings (SSSR count). The van der Waals surface area contributed by atoms with E-state index in [-0.39, 0.29) is 19.3 Å². The van der Waals surface area contributed by atoms with Gasteiger partial charge in [0.1, 0.15) is 6.10 Å². The van der Waals surface area contributed by atoms with Gasteiger partial charge in [0.2, 0.25) is 0 Å². The predicted molar refractivity (Wildman–Crippen MR) is 136 cm³/mol. The van der Waals surface area contributed by atoms with E-state index in [2.05, 4.69) is 40.7 Å². The van der Waals surface area contributed by atoms with Gasteiger partial charge < -0.3 is 14.9 Å². The van der Waals surface area contributed by atoms with E-state index in [0.717, 1.165) is 48.3 Å². The van der Waals surface area contributed by atoms with Crippen LogP contribution in [0.15, 0.2) is 11.6 Å². The summed E-state index contributed by atoms with van der Waals surface area (Å²) in [5, 5.41) is 18.8. The molecule has 0 aromatic heterocycles. The van der Waals surface area contributed by atoms with Crippen LogP contribution in [-0.2, 0) is 4.74 Å². The molecule has 0 aromatic carbocycles. The summed E-state index contributed by atoms with van der Waals surface area (Å²) >= 11 is 0. The molecule has 4 aliphatic rings. The third-order valence-electron chi connectivity index (χ3n) is 11.0. The Balaban J connectivity index is 1.42. The fourth-order valence-corrected chi connectivity index (χ4v) is 9.09. The monoisotopic (exact) mass is 460 g/mol. The summed E-state index contributed by atoms with van der Waals surface area (Å²) in [7, 11) is 0. The van der Waals surface area contributed by atoms with Crippen molar-refractivity contribution in [3.05, 3.63) is 11.6 Å². The predicted octanol–water partition coefficient (Wildman–Crippen LogP) is 6.77. The highest BCUT2D eigenvalue weighted by molar-refractivity contribution is 5.25. The number of fused-ring (bicyclic) bond motifs is 5. The first-order valence-corrected chi connectivity index (χ1v) is 14.3. The van der Waals surface area contributed by atoms with E-state index in [9.17, 15) is 5.11 Å². The molecule has 0 radical (unpaired) electrons. The fraction of sp³-hybridized carbons (Fsp3) is 0.933. The Hall–Kier alpha value is -0.380. The van der Waals surface area contributed by atoms with Crippen molar-refractivity contribution in [2.24, 2.45) is 46.3 Å². The van der Waals surface area contributed by atoms with E-state index in [1.807, 2.05) is 0 Å². The van der Waals surface area contributed by atoms with Crippen molar-refractivity contribution in [1.82, 2.24) is 0 Å². The molecule has 0 spiro atoms. The summed E-state index contributed by atoms with van der Waals surface area (Å²) in [5.41, 5.74) is 2.54. The summed E-state index contributed by atoms with van der Waals surface area (Å²) < 4.78 is 5.99. The maximum Gasteiger partial charge on any atom is 0.100 e. The maximum atomic E-state index is 9.68. The third kappa shape index (κ3) is 4.98. The van der Waals surface area contributed by atoms with Crippen LogP contribution in [-0.4, -0.2) is 35.6 Å². The first kappa shape index (κ1) is 25.7. The second kappa shape index (κ2) is 10.3. The van der Waals surface area contributed by atoms with Crippen LogP contribution in [0.4, 0.5) is 0 Å². The number of ether oxygens (including phenoxy) is 1. The SMILES string of the molecule is CC(C)CCC[C@@H](C)[C@H]1CC[C@H]2[C@@H]3CC=C4C[C@@H](OCC(O)CO)CC[C@]4(C)[C@H]3CC[C@]12C. The number of rotatable bonds is 9. The lowest BCUT2D eigenvalue weighted by molar-refractivity contribution is -0.0746. The lowest BCUT2D eigenvalue weighted by atomic mass is 9.47. The van der Waals surface area contributed by atoms with Crippen molar-refractivity contribution in [3.63, 3.8) is 0 Å². The number of allylic oxidation sites excluding steroid dienone is 1. The van der Waals surface area contributed by atoms with E-state index in [4.69, 9.17) is 9.84 Å². The van der Waals surface area contributed by atoms with Gasteiger partial charge in [-0.05, 0) is 97.7 Å². The molecular formula is C30H52O3. The molecule has 3 nitrogen and oxygen atoms in total. The molecule has 0 heterocycles. The number of aliphatic hydroxyl groups is 2. The molecule has 3 saturated carbocycles. The topological polar surface area (TPSA) is 49.7 Å². The van der Waals surface area contributed by atoms with Crippen LogP contribution in [0.3, 0.4) is 0 Å². The van der Waals surface area contributed by atoms with Crippen molar-refractivity contribution in [2.75, 3.05) is 13.2 Å². The lowest BCUT2D eigenvalue weighted by Crippen LogP contribution is -2.51. The highest BCUT2D eigenvalue weighted by Gasteiger charge is 2.59. The van der Waals surface area contributed by atoms with Crippen molar-refractivity contribution in [3.8, 4) is 0 Å². The van der Waals surface area contributed by atoms with Crippen LogP contribution < -0.4 is 0 Å². The Kier molecular flexibility index (Phi) is 8.03. The van der Waals surface area contributed by atoms with Crippen molar-refractivity contribution in [1.29, 1.82) is 0 Å². The van der Waals surface area contributed by atoms with E-state index in [0.29, 0.717) is 10.8 Å². The van der Waals surface area contributed by atoms with Gasteiger partial charge in [0, 0.05) is 0 Å². The van der Waals surface area contributed by atoms with Crippen molar-refractivity contribution in [2.45, 2.75) is 117 Å². The van der Waals surface area contributed by atoms with E-state index in [1.54, 1.807) is 5.57 Å². The molecule has 0 bridgehead atoms. The second-order valence-corrected chi connectivity index (χ2v) is 13.3. The first-order valence-electron chi connectivity index (χ1n) is 14.3. The lowest BCUT2D eigenvalue weighted by Gasteiger charge is -2.58. The molecule has 4 aliphatic carbocycles. The van der Waals surface area contributed by atoms with Crippen LogP contribution in [0.5, 0.6) is 0 Å². The number of hydrogen-bond donors (Lipinski definition) is 2. The Labute approximate surface area is 203 Å². The zero-order chi connectivity index (χ0) is 23.8. The second-order valence-electron chi connectivity index (χ2n) is 13.3. The van der Waals surface area contributed by atoms with Crippen molar-refractivity contribution >= 4 is 0 Å². The first-order chi connectivity index (χ1) is 15.7. The molecule has 9 atom stereocenters. The number of hydrogen-bond acceptors (Lipinski definition) is 3. The smallest absolute Gasteiger partial charge is 0.100 e. The molecule has 190 valence electrons. The standard InChI is InChI=1S/C30H52O3/c1-20(2)7-6-8-21(3)26-11-12-27-25-10-9-22-17-24(33-19-23(32)18-31)13-15-29(22,4)28(25)14-16-30(26,27)5/h9,20-21,23-28,31-32H,6-8,10-19H2,1-5H3/t21-,23?,24+,25+,26-,27+,28+,29+,30-/m1/s1. The number of aliphatic hydroxyl groups excluding tert-OH is 2. The van der Waals surface area contributed by atoms with Gasteiger partial charge in [-0.15, -0.1) is 0 Å². The van der Waals surface area contributed by atoms with Gasteiger partial charge in [-0.2, -0.15) is 0 Å².